The van der Waals surface area contributed by atoms with Gasteiger partial charge in [0.05, 0.1) is 6.10 Å². The molecule has 0 amide bonds. The van der Waals surface area contributed by atoms with E-state index in [4.69, 9.17) is 0 Å². The third-order valence-corrected chi connectivity index (χ3v) is 2.41. The summed E-state index contributed by atoms with van der Waals surface area (Å²) in [5.74, 6) is 0. The molecule has 1 heteroatoms. The fourth-order valence-electron chi connectivity index (χ4n) is 1.55. The molecule has 1 atom stereocenters. The van der Waals surface area contributed by atoms with Gasteiger partial charge in [-0.1, -0.05) is 56.7 Å². The minimum atomic E-state index is -0.343. The van der Waals surface area contributed by atoms with E-state index in [0.717, 1.165) is 30.4 Å². The third-order valence-electron chi connectivity index (χ3n) is 2.41. The van der Waals surface area contributed by atoms with Crippen molar-refractivity contribution >= 4 is 6.08 Å². The molecular formula is C13H18O. The van der Waals surface area contributed by atoms with Gasteiger partial charge >= 0.3 is 0 Å². The van der Waals surface area contributed by atoms with Gasteiger partial charge in [-0.25, -0.2) is 0 Å². The van der Waals surface area contributed by atoms with Gasteiger partial charge in [-0.2, -0.15) is 0 Å². The summed E-state index contributed by atoms with van der Waals surface area (Å²) >= 11 is 0. The minimum Gasteiger partial charge on any atom is -0.388 e. The molecule has 1 nitrogen and oxygen atoms in total. The predicted molar refractivity (Wildman–Crippen MR) is 61.0 cm³/mol. The van der Waals surface area contributed by atoms with E-state index < -0.39 is 0 Å². The minimum absolute atomic E-state index is 0.343. The van der Waals surface area contributed by atoms with E-state index in [9.17, 15) is 5.11 Å². The van der Waals surface area contributed by atoms with Crippen molar-refractivity contribution in [3.05, 3.63) is 42.0 Å². The Kier molecular flexibility index (Phi) is 4.41. The first kappa shape index (κ1) is 11.0. The lowest BCUT2D eigenvalue weighted by molar-refractivity contribution is 0.164. The van der Waals surface area contributed by atoms with Crippen molar-refractivity contribution in [2.24, 2.45) is 0 Å². The average molecular weight is 190 g/mol. The molecule has 0 spiro atoms. The molecule has 1 aromatic rings. The van der Waals surface area contributed by atoms with E-state index >= 15 is 0 Å². The molecule has 1 aromatic carbocycles. The van der Waals surface area contributed by atoms with Crippen LogP contribution in [0.15, 0.2) is 30.8 Å². The van der Waals surface area contributed by atoms with Gasteiger partial charge in [0.2, 0.25) is 0 Å². The van der Waals surface area contributed by atoms with Crippen LogP contribution in [-0.4, -0.2) is 5.11 Å². The van der Waals surface area contributed by atoms with Crippen molar-refractivity contribution < 1.29 is 5.11 Å². The summed E-state index contributed by atoms with van der Waals surface area (Å²) in [7, 11) is 0. The SMILES string of the molecule is C=Cc1ccccc1C(O)CCCC. The van der Waals surface area contributed by atoms with Crippen molar-refractivity contribution in [2.75, 3.05) is 0 Å². The highest BCUT2D eigenvalue weighted by Gasteiger charge is 2.08. The second-order valence-corrected chi connectivity index (χ2v) is 3.49. The molecule has 0 aliphatic carbocycles. The first-order chi connectivity index (χ1) is 6.79. The standard InChI is InChI=1S/C13H18O/c1-3-5-10-13(14)12-9-7-6-8-11(12)4-2/h4,6-9,13-14H,2-3,5,10H2,1H3. The fraction of sp³-hybridized carbons (Fsp3) is 0.385. The van der Waals surface area contributed by atoms with Gasteiger partial charge in [-0.15, -0.1) is 0 Å². The topological polar surface area (TPSA) is 20.2 Å². The predicted octanol–water partition coefficient (Wildman–Crippen LogP) is 3.55. The zero-order valence-electron chi connectivity index (χ0n) is 8.74. The molecule has 0 fully saturated rings. The highest BCUT2D eigenvalue weighted by molar-refractivity contribution is 5.52. The van der Waals surface area contributed by atoms with Crippen LogP contribution < -0.4 is 0 Å². The van der Waals surface area contributed by atoms with Gasteiger partial charge in [-0.3, -0.25) is 0 Å². The highest BCUT2D eigenvalue weighted by Crippen LogP contribution is 2.23. The monoisotopic (exact) mass is 190 g/mol. The Bertz CT molecular complexity index is 291. The summed E-state index contributed by atoms with van der Waals surface area (Å²) in [6.45, 7) is 5.87. The van der Waals surface area contributed by atoms with E-state index in [1.807, 2.05) is 24.3 Å². The molecule has 1 unspecified atom stereocenters. The second kappa shape index (κ2) is 5.61. The summed E-state index contributed by atoms with van der Waals surface area (Å²) in [4.78, 5) is 0. The lowest BCUT2D eigenvalue weighted by atomic mass is 9.99. The van der Waals surface area contributed by atoms with E-state index in [2.05, 4.69) is 13.5 Å². The van der Waals surface area contributed by atoms with Crippen LogP contribution in [0.5, 0.6) is 0 Å². The summed E-state index contributed by atoms with van der Waals surface area (Å²) in [6.07, 6.45) is 4.47. The molecule has 1 rings (SSSR count). The number of hydrogen-bond acceptors (Lipinski definition) is 1. The number of hydrogen-bond donors (Lipinski definition) is 1. The summed E-state index contributed by atoms with van der Waals surface area (Å²) in [5, 5.41) is 9.92. The van der Waals surface area contributed by atoms with E-state index in [1.54, 1.807) is 6.08 Å². The van der Waals surface area contributed by atoms with Crippen LogP contribution in [0.3, 0.4) is 0 Å². The first-order valence-electron chi connectivity index (χ1n) is 5.19. The van der Waals surface area contributed by atoms with E-state index in [0.29, 0.717) is 0 Å². The summed E-state index contributed by atoms with van der Waals surface area (Å²) in [5.41, 5.74) is 2.03. The molecule has 1 N–H and O–H groups in total. The molecular weight excluding hydrogens is 172 g/mol. The summed E-state index contributed by atoms with van der Waals surface area (Å²) < 4.78 is 0. The first-order valence-corrected chi connectivity index (χ1v) is 5.19. The lowest BCUT2D eigenvalue weighted by Crippen LogP contribution is -1.99. The molecule has 0 aliphatic rings. The Morgan fingerprint density at radius 2 is 2.14 bits per heavy atom. The Morgan fingerprint density at radius 3 is 2.79 bits per heavy atom. The van der Waals surface area contributed by atoms with Gasteiger partial charge in [0.1, 0.15) is 0 Å². The van der Waals surface area contributed by atoms with Crippen LogP contribution >= 0.6 is 0 Å². The maximum atomic E-state index is 9.92. The van der Waals surface area contributed by atoms with Crippen LogP contribution in [0.1, 0.15) is 43.4 Å². The van der Waals surface area contributed by atoms with Crippen molar-refractivity contribution in [3.63, 3.8) is 0 Å². The average Bonchev–Trinajstić information content (AvgIpc) is 2.25. The normalized spacial score (nSPS) is 12.4. The van der Waals surface area contributed by atoms with Crippen LogP contribution in [-0.2, 0) is 0 Å². The van der Waals surface area contributed by atoms with Crippen molar-refractivity contribution in [1.29, 1.82) is 0 Å². The summed E-state index contributed by atoms with van der Waals surface area (Å²) in [6, 6.07) is 7.87. The quantitative estimate of drug-likeness (QED) is 0.752. The van der Waals surface area contributed by atoms with Gasteiger partial charge in [-0.05, 0) is 17.5 Å². The van der Waals surface area contributed by atoms with Crippen molar-refractivity contribution in [2.45, 2.75) is 32.3 Å². The Morgan fingerprint density at radius 1 is 1.43 bits per heavy atom. The maximum absolute atomic E-state index is 9.92. The van der Waals surface area contributed by atoms with Gasteiger partial charge in [0.25, 0.3) is 0 Å². The fourth-order valence-corrected chi connectivity index (χ4v) is 1.55. The largest absolute Gasteiger partial charge is 0.388 e. The van der Waals surface area contributed by atoms with Crippen molar-refractivity contribution in [1.82, 2.24) is 0 Å². The Labute approximate surface area is 86.1 Å². The maximum Gasteiger partial charge on any atom is 0.0795 e. The molecule has 0 saturated carbocycles. The van der Waals surface area contributed by atoms with Gasteiger partial charge < -0.3 is 5.11 Å². The smallest absolute Gasteiger partial charge is 0.0795 e. The van der Waals surface area contributed by atoms with Crippen LogP contribution in [0, 0.1) is 0 Å². The highest BCUT2D eigenvalue weighted by atomic mass is 16.3. The number of aliphatic hydroxyl groups is 1. The molecule has 76 valence electrons. The van der Waals surface area contributed by atoms with Crippen LogP contribution in [0.4, 0.5) is 0 Å². The molecule has 0 aromatic heterocycles. The van der Waals surface area contributed by atoms with E-state index in [-0.39, 0.29) is 6.10 Å². The van der Waals surface area contributed by atoms with Gasteiger partial charge in [0, 0.05) is 0 Å². The molecule has 14 heavy (non-hydrogen) atoms. The van der Waals surface area contributed by atoms with E-state index in [1.165, 1.54) is 0 Å². The molecule has 0 radical (unpaired) electrons. The van der Waals surface area contributed by atoms with Crippen molar-refractivity contribution in [3.8, 4) is 0 Å². The van der Waals surface area contributed by atoms with Gasteiger partial charge in [0.15, 0.2) is 0 Å². The number of aliphatic hydroxyl groups excluding tert-OH is 1. The Hall–Kier alpha value is -1.08. The number of rotatable bonds is 5. The zero-order valence-corrected chi connectivity index (χ0v) is 8.74. The molecule has 0 heterocycles. The molecule has 0 saturated heterocycles. The number of benzene rings is 1. The number of unbranched alkanes of at least 4 members (excludes halogenated alkanes) is 1. The Balaban J connectivity index is 2.77. The third kappa shape index (κ3) is 2.71. The second-order valence-electron chi connectivity index (χ2n) is 3.49. The molecule has 0 aliphatic heterocycles. The zero-order chi connectivity index (χ0) is 10.4. The lowest BCUT2D eigenvalue weighted by Gasteiger charge is -2.12. The van der Waals surface area contributed by atoms with Crippen LogP contribution in [0.2, 0.25) is 0 Å². The van der Waals surface area contributed by atoms with Crippen LogP contribution in [0.25, 0.3) is 6.08 Å². The molecule has 0 bridgehead atoms.